The summed E-state index contributed by atoms with van der Waals surface area (Å²) in [4.78, 5) is 42.0. The zero-order valence-corrected chi connectivity index (χ0v) is 18.7. The van der Waals surface area contributed by atoms with Crippen molar-refractivity contribution in [2.45, 2.75) is 32.9 Å². The minimum atomic E-state index is -0.742. The molecule has 0 atom stereocenters. The summed E-state index contributed by atoms with van der Waals surface area (Å²) < 4.78 is 12.3. The fraction of sp³-hybridized carbons (Fsp3) is 0.292. The number of unbranched alkanes of at least 4 members (excludes halogenated alkanes) is 1. The summed E-state index contributed by atoms with van der Waals surface area (Å²) in [6.45, 7) is 1.97. The second-order valence-electron chi connectivity index (χ2n) is 7.39. The summed E-state index contributed by atoms with van der Waals surface area (Å²) in [6.07, 6.45) is 1.52. The number of carbonyl (C=O) groups is 1. The lowest BCUT2D eigenvalue weighted by Gasteiger charge is -2.25. The maximum Gasteiger partial charge on any atom is 0.330 e. The molecule has 0 radical (unpaired) electrons. The van der Waals surface area contributed by atoms with Gasteiger partial charge < -0.3 is 15.2 Å². The SMILES string of the molecule is CCCCn1c(N)c(N(Cc2ccccc2OC)C(=O)COc2ccccc2)c(=O)[nH]c1=O. The number of para-hydroxylation sites is 2. The minimum absolute atomic E-state index is 0.000256. The fourth-order valence-electron chi connectivity index (χ4n) is 3.41. The zero-order chi connectivity index (χ0) is 23.8. The number of anilines is 2. The van der Waals surface area contributed by atoms with Gasteiger partial charge in [-0.3, -0.25) is 24.0 Å². The van der Waals surface area contributed by atoms with Crippen LogP contribution in [-0.2, 0) is 17.9 Å². The van der Waals surface area contributed by atoms with E-state index in [1.165, 1.54) is 16.6 Å². The van der Waals surface area contributed by atoms with E-state index in [2.05, 4.69) is 4.98 Å². The van der Waals surface area contributed by atoms with Crippen molar-refractivity contribution in [3.8, 4) is 11.5 Å². The predicted octanol–water partition coefficient (Wildman–Crippen LogP) is 2.54. The Morgan fingerprint density at radius 1 is 1.09 bits per heavy atom. The molecule has 9 heteroatoms. The van der Waals surface area contributed by atoms with Crippen molar-refractivity contribution in [2.75, 3.05) is 24.4 Å². The molecule has 174 valence electrons. The number of nitrogens with one attached hydrogen (secondary N) is 1. The van der Waals surface area contributed by atoms with Gasteiger partial charge in [0.15, 0.2) is 12.3 Å². The smallest absolute Gasteiger partial charge is 0.330 e. The highest BCUT2D eigenvalue weighted by molar-refractivity contribution is 5.96. The molecule has 3 aromatic rings. The number of nitrogens with two attached hydrogens (primary N) is 1. The van der Waals surface area contributed by atoms with Gasteiger partial charge in [-0.2, -0.15) is 0 Å². The summed E-state index contributed by atoms with van der Waals surface area (Å²) >= 11 is 0. The van der Waals surface area contributed by atoms with Gasteiger partial charge in [-0.1, -0.05) is 49.7 Å². The number of aromatic nitrogens is 2. The molecule has 0 aliphatic carbocycles. The molecule has 0 bridgehead atoms. The highest BCUT2D eigenvalue weighted by Gasteiger charge is 2.26. The molecule has 2 aromatic carbocycles. The van der Waals surface area contributed by atoms with E-state index in [4.69, 9.17) is 15.2 Å². The number of methoxy groups -OCH3 is 1. The first-order valence-corrected chi connectivity index (χ1v) is 10.7. The molecule has 0 spiro atoms. The van der Waals surface area contributed by atoms with Gasteiger partial charge in [0.25, 0.3) is 11.5 Å². The average Bonchev–Trinajstić information content (AvgIpc) is 2.82. The summed E-state index contributed by atoms with van der Waals surface area (Å²) in [6, 6.07) is 16.0. The number of aromatic amines is 1. The lowest BCUT2D eigenvalue weighted by molar-refractivity contribution is -0.120. The number of H-pyrrole nitrogens is 1. The molecule has 3 N–H and O–H groups in total. The summed E-state index contributed by atoms with van der Waals surface area (Å²) in [5.74, 6) is 0.495. The molecule has 9 nitrogen and oxygen atoms in total. The average molecular weight is 453 g/mol. The van der Waals surface area contributed by atoms with Crippen molar-refractivity contribution < 1.29 is 14.3 Å². The van der Waals surface area contributed by atoms with Crippen LogP contribution in [0.5, 0.6) is 11.5 Å². The molecule has 1 amide bonds. The molecule has 0 aliphatic rings. The lowest BCUT2D eigenvalue weighted by atomic mass is 10.1. The van der Waals surface area contributed by atoms with Crippen molar-refractivity contribution >= 4 is 17.4 Å². The third-order valence-electron chi connectivity index (χ3n) is 5.15. The Labute approximate surface area is 191 Å². The first-order chi connectivity index (χ1) is 16.0. The van der Waals surface area contributed by atoms with Crippen LogP contribution in [0.4, 0.5) is 11.5 Å². The van der Waals surface area contributed by atoms with E-state index in [1.54, 1.807) is 48.5 Å². The molecule has 0 saturated carbocycles. The molecule has 1 heterocycles. The number of amides is 1. The molecule has 0 saturated heterocycles. The highest BCUT2D eigenvalue weighted by Crippen LogP contribution is 2.25. The van der Waals surface area contributed by atoms with Gasteiger partial charge in [-0.15, -0.1) is 0 Å². The zero-order valence-electron chi connectivity index (χ0n) is 18.7. The van der Waals surface area contributed by atoms with Crippen LogP contribution in [0.15, 0.2) is 64.2 Å². The van der Waals surface area contributed by atoms with Crippen LogP contribution in [0.2, 0.25) is 0 Å². The van der Waals surface area contributed by atoms with Crippen LogP contribution in [0.25, 0.3) is 0 Å². The number of hydrogen-bond donors (Lipinski definition) is 2. The molecular weight excluding hydrogens is 424 g/mol. The van der Waals surface area contributed by atoms with Crippen molar-refractivity contribution in [1.82, 2.24) is 9.55 Å². The third-order valence-corrected chi connectivity index (χ3v) is 5.15. The molecule has 1 aromatic heterocycles. The second kappa shape index (κ2) is 11.0. The Bertz CT molecular complexity index is 1200. The van der Waals surface area contributed by atoms with Crippen LogP contribution in [0, 0.1) is 0 Å². The molecule has 3 rings (SSSR count). The number of nitrogen functional groups attached to an aromatic ring is 1. The van der Waals surface area contributed by atoms with Crippen molar-refractivity contribution in [3.05, 3.63) is 81.0 Å². The van der Waals surface area contributed by atoms with Gasteiger partial charge >= 0.3 is 5.69 Å². The highest BCUT2D eigenvalue weighted by atomic mass is 16.5. The Balaban J connectivity index is 2.03. The molecule has 33 heavy (non-hydrogen) atoms. The van der Waals surface area contributed by atoms with E-state index < -0.39 is 17.2 Å². The summed E-state index contributed by atoms with van der Waals surface area (Å²) in [5, 5.41) is 0. The number of benzene rings is 2. The minimum Gasteiger partial charge on any atom is -0.496 e. The van der Waals surface area contributed by atoms with Crippen LogP contribution in [0.1, 0.15) is 25.3 Å². The van der Waals surface area contributed by atoms with E-state index in [-0.39, 0.29) is 24.7 Å². The second-order valence-corrected chi connectivity index (χ2v) is 7.39. The van der Waals surface area contributed by atoms with E-state index in [1.807, 2.05) is 13.0 Å². The summed E-state index contributed by atoms with van der Waals surface area (Å²) in [5.41, 5.74) is 5.49. The van der Waals surface area contributed by atoms with Gasteiger partial charge in [0.1, 0.15) is 17.3 Å². The number of ether oxygens (including phenoxy) is 2. The van der Waals surface area contributed by atoms with E-state index in [9.17, 15) is 14.4 Å². The van der Waals surface area contributed by atoms with Gasteiger partial charge in [0, 0.05) is 12.1 Å². The first-order valence-electron chi connectivity index (χ1n) is 10.7. The monoisotopic (exact) mass is 452 g/mol. The molecular formula is C24H28N4O5. The number of rotatable bonds is 10. The summed E-state index contributed by atoms with van der Waals surface area (Å²) in [7, 11) is 1.52. The maximum absolute atomic E-state index is 13.3. The number of hydrogen-bond acceptors (Lipinski definition) is 6. The van der Waals surface area contributed by atoms with Gasteiger partial charge in [0.05, 0.1) is 13.7 Å². The molecule has 0 unspecified atom stereocenters. The van der Waals surface area contributed by atoms with E-state index >= 15 is 0 Å². The third kappa shape index (κ3) is 5.62. The van der Waals surface area contributed by atoms with Crippen LogP contribution in [0.3, 0.4) is 0 Å². The number of nitrogens with zero attached hydrogens (tertiary/aromatic N) is 2. The lowest BCUT2D eigenvalue weighted by Crippen LogP contribution is -2.42. The largest absolute Gasteiger partial charge is 0.496 e. The fourth-order valence-corrected chi connectivity index (χ4v) is 3.41. The van der Waals surface area contributed by atoms with Crippen molar-refractivity contribution in [2.24, 2.45) is 0 Å². The first kappa shape index (κ1) is 23.6. The van der Waals surface area contributed by atoms with Gasteiger partial charge in [0.2, 0.25) is 0 Å². The van der Waals surface area contributed by atoms with E-state index in [0.717, 1.165) is 6.42 Å². The maximum atomic E-state index is 13.3. The van der Waals surface area contributed by atoms with E-state index in [0.29, 0.717) is 30.0 Å². The number of carbonyl (C=O) groups excluding carboxylic acids is 1. The predicted molar refractivity (Wildman–Crippen MR) is 127 cm³/mol. The van der Waals surface area contributed by atoms with Crippen molar-refractivity contribution in [1.29, 1.82) is 0 Å². The van der Waals surface area contributed by atoms with Crippen LogP contribution < -0.4 is 31.4 Å². The Morgan fingerprint density at radius 3 is 2.48 bits per heavy atom. The normalized spacial score (nSPS) is 10.6. The van der Waals surface area contributed by atoms with Crippen LogP contribution in [-0.4, -0.2) is 29.2 Å². The molecule has 0 fully saturated rings. The standard InChI is InChI=1S/C24H28N4O5/c1-3-4-14-27-22(25)21(23(30)26-24(27)31)28(15-17-10-8-9-13-19(17)32-2)20(29)16-33-18-11-6-5-7-12-18/h5-13H,3-4,14-16,25H2,1-2H3,(H,26,30,31). The quantitative estimate of drug-likeness (QED) is 0.488. The van der Waals surface area contributed by atoms with Crippen LogP contribution >= 0.6 is 0 Å². The molecule has 0 aliphatic heterocycles. The van der Waals surface area contributed by atoms with Crippen molar-refractivity contribution in [3.63, 3.8) is 0 Å². The van der Waals surface area contributed by atoms with Gasteiger partial charge in [-0.05, 0) is 24.6 Å². The topological polar surface area (TPSA) is 120 Å². The van der Waals surface area contributed by atoms with Gasteiger partial charge in [-0.25, -0.2) is 4.79 Å². The Morgan fingerprint density at radius 2 is 1.79 bits per heavy atom. The Hall–Kier alpha value is -4.01. The Kier molecular flexibility index (Phi) is 7.91.